The third kappa shape index (κ3) is 16.8. The second-order valence-corrected chi connectivity index (χ2v) is 4.52. The number of carbonyl (C=O) groups is 2. The summed E-state index contributed by atoms with van der Waals surface area (Å²) in [5, 5.41) is 1.86. The van der Waals surface area contributed by atoms with Crippen molar-refractivity contribution in [1.82, 2.24) is 5.32 Å². The molecule has 1 aliphatic rings. The number of amides is 2. The summed E-state index contributed by atoms with van der Waals surface area (Å²) in [6.45, 7) is 11.2. The molecule has 0 aromatic carbocycles. The Balaban J connectivity index is 0. The predicted octanol–water partition coefficient (Wildman–Crippen LogP) is 3.59. The van der Waals surface area contributed by atoms with E-state index in [4.69, 9.17) is 4.74 Å². The van der Waals surface area contributed by atoms with Gasteiger partial charge in [0.25, 0.3) is 0 Å². The SMILES string of the molecule is C1=CCCCC1.C=C.CC(C)(C)OC(=O)NC=O. The maximum absolute atomic E-state index is 10.5. The van der Waals surface area contributed by atoms with Crippen molar-refractivity contribution in [2.45, 2.75) is 52.1 Å². The number of carbonyl (C=O) groups excluding carboxylic acids is 2. The molecule has 0 spiro atoms. The zero-order valence-corrected chi connectivity index (χ0v) is 11.7. The Hall–Kier alpha value is -1.58. The average molecular weight is 255 g/mol. The van der Waals surface area contributed by atoms with Crippen molar-refractivity contribution in [3.8, 4) is 0 Å². The van der Waals surface area contributed by atoms with Crippen LogP contribution in [0.2, 0.25) is 0 Å². The second-order valence-electron chi connectivity index (χ2n) is 4.52. The smallest absolute Gasteiger partial charge is 0.414 e. The Morgan fingerprint density at radius 1 is 1.22 bits per heavy atom. The van der Waals surface area contributed by atoms with E-state index < -0.39 is 11.7 Å². The first-order valence-electron chi connectivity index (χ1n) is 6.04. The average Bonchev–Trinajstić information content (AvgIpc) is 2.32. The van der Waals surface area contributed by atoms with Crippen LogP contribution in [0.15, 0.2) is 25.3 Å². The standard InChI is InChI=1S/C6H11NO3.C6H10.C2H4/c1-6(2,3)10-5(9)7-4-8;1-2-4-6-5-3-1;1-2/h4H,1-3H3,(H,7,8,9);1-2H,3-6H2;1-2H2. The highest BCUT2D eigenvalue weighted by molar-refractivity contribution is 5.79. The first-order valence-corrected chi connectivity index (χ1v) is 6.04. The zero-order valence-electron chi connectivity index (χ0n) is 11.7. The van der Waals surface area contributed by atoms with Gasteiger partial charge in [0.2, 0.25) is 6.41 Å². The van der Waals surface area contributed by atoms with E-state index in [9.17, 15) is 9.59 Å². The van der Waals surface area contributed by atoms with Gasteiger partial charge in [-0.05, 0) is 46.5 Å². The Labute approximate surface area is 110 Å². The molecule has 18 heavy (non-hydrogen) atoms. The van der Waals surface area contributed by atoms with Crippen LogP contribution in [0.5, 0.6) is 0 Å². The van der Waals surface area contributed by atoms with E-state index in [2.05, 4.69) is 25.3 Å². The largest absolute Gasteiger partial charge is 0.444 e. The lowest BCUT2D eigenvalue weighted by atomic mass is 10.1. The minimum absolute atomic E-state index is 0.286. The first kappa shape index (κ1) is 18.8. The van der Waals surface area contributed by atoms with Gasteiger partial charge in [0.1, 0.15) is 5.60 Å². The highest BCUT2D eigenvalue weighted by Gasteiger charge is 2.14. The molecule has 0 aliphatic heterocycles. The van der Waals surface area contributed by atoms with Crippen LogP contribution in [-0.2, 0) is 9.53 Å². The number of allylic oxidation sites excluding steroid dienone is 2. The van der Waals surface area contributed by atoms with Gasteiger partial charge in [0.15, 0.2) is 0 Å². The van der Waals surface area contributed by atoms with Crippen molar-refractivity contribution in [3.05, 3.63) is 25.3 Å². The minimum Gasteiger partial charge on any atom is -0.444 e. The molecule has 0 aromatic rings. The van der Waals surface area contributed by atoms with E-state index in [1.54, 1.807) is 20.8 Å². The summed E-state index contributed by atoms with van der Waals surface area (Å²) in [5.41, 5.74) is -0.549. The molecule has 104 valence electrons. The topological polar surface area (TPSA) is 55.4 Å². The van der Waals surface area contributed by atoms with Gasteiger partial charge in [-0.2, -0.15) is 0 Å². The fourth-order valence-electron chi connectivity index (χ4n) is 1.12. The molecule has 1 N–H and O–H groups in total. The molecule has 0 bridgehead atoms. The molecule has 0 atom stereocenters. The Bertz CT molecular complexity index is 246. The first-order chi connectivity index (χ1) is 8.45. The lowest BCUT2D eigenvalue weighted by Gasteiger charge is -2.18. The summed E-state index contributed by atoms with van der Waals surface area (Å²) in [6, 6.07) is 0. The molecule has 0 saturated carbocycles. The molecule has 0 fully saturated rings. The number of hydrogen-bond donors (Lipinski definition) is 1. The summed E-state index contributed by atoms with van der Waals surface area (Å²) < 4.78 is 4.70. The molecular weight excluding hydrogens is 230 g/mol. The van der Waals surface area contributed by atoms with Gasteiger partial charge < -0.3 is 4.74 Å². The summed E-state index contributed by atoms with van der Waals surface area (Å²) in [6.07, 6.45) is 9.57. The van der Waals surface area contributed by atoms with Crippen molar-refractivity contribution in [1.29, 1.82) is 0 Å². The quantitative estimate of drug-likeness (QED) is 0.575. The molecule has 0 saturated heterocycles. The third-order valence-corrected chi connectivity index (χ3v) is 1.73. The highest BCUT2D eigenvalue weighted by Crippen LogP contribution is 2.07. The summed E-state index contributed by atoms with van der Waals surface area (Å²) in [5.74, 6) is 0. The highest BCUT2D eigenvalue weighted by atomic mass is 16.6. The van der Waals surface area contributed by atoms with Crippen molar-refractivity contribution in [2.24, 2.45) is 0 Å². The Kier molecular flexibility index (Phi) is 12.4. The lowest BCUT2D eigenvalue weighted by molar-refractivity contribution is -0.109. The second kappa shape index (κ2) is 11.9. The van der Waals surface area contributed by atoms with Crippen LogP contribution < -0.4 is 5.32 Å². The molecular formula is C14H25NO3. The molecule has 2 amide bonds. The molecule has 4 nitrogen and oxygen atoms in total. The zero-order chi connectivity index (χ0) is 14.4. The predicted molar refractivity (Wildman–Crippen MR) is 74.3 cm³/mol. The van der Waals surface area contributed by atoms with Crippen LogP contribution in [0, 0.1) is 0 Å². The van der Waals surface area contributed by atoms with Gasteiger partial charge in [0, 0.05) is 0 Å². The fraction of sp³-hybridized carbons (Fsp3) is 0.571. The van der Waals surface area contributed by atoms with Crippen LogP contribution in [0.3, 0.4) is 0 Å². The van der Waals surface area contributed by atoms with Gasteiger partial charge >= 0.3 is 6.09 Å². The maximum Gasteiger partial charge on any atom is 0.414 e. The van der Waals surface area contributed by atoms with Gasteiger partial charge in [-0.1, -0.05) is 12.2 Å². The fourth-order valence-corrected chi connectivity index (χ4v) is 1.12. The Morgan fingerprint density at radius 3 is 1.89 bits per heavy atom. The number of alkyl carbamates (subject to hydrolysis) is 1. The Morgan fingerprint density at radius 2 is 1.67 bits per heavy atom. The number of ether oxygens (including phenoxy) is 1. The van der Waals surface area contributed by atoms with Crippen molar-refractivity contribution in [2.75, 3.05) is 0 Å². The number of hydrogen-bond acceptors (Lipinski definition) is 3. The van der Waals surface area contributed by atoms with E-state index >= 15 is 0 Å². The van der Waals surface area contributed by atoms with Crippen molar-refractivity contribution >= 4 is 12.5 Å². The van der Waals surface area contributed by atoms with Crippen LogP contribution in [0.4, 0.5) is 4.79 Å². The van der Waals surface area contributed by atoms with Crippen LogP contribution in [0.25, 0.3) is 0 Å². The number of nitrogens with one attached hydrogen (secondary N) is 1. The van der Waals surface area contributed by atoms with E-state index in [0.29, 0.717) is 0 Å². The summed E-state index contributed by atoms with van der Waals surface area (Å²) >= 11 is 0. The lowest BCUT2D eigenvalue weighted by Crippen LogP contribution is -2.31. The summed E-state index contributed by atoms with van der Waals surface area (Å²) in [4.78, 5) is 20.2. The molecule has 4 heteroatoms. The van der Waals surface area contributed by atoms with Gasteiger partial charge in [0.05, 0.1) is 0 Å². The van der Waals surface area contributed by atoms with Crippen LogP contribution in [-0.4, -0.2) is 18.1 Å². The normalized spacial score (nSPS) is 13.1. The van der Waals surface area contributed by atoms with Gasteiger partial charge in [-0.15, -0.1) is 13.2 Å². The molecule has 0 radical (unpaired) electrons. The van der Waals surface area contributed by atoms with Crippen molar-refractivity contribution in [3.63, 3.8) is 0 Å². The van der Waals surface area contributed by atoms with Crippen LogP contribution in [0.1, 0.15) is 46.5 Å². The summed E-state index contributed by atoms with van der Waals surface area (Å²) in [7, 11) is 0. The monoisotopic (exact) mass is 255 g/mol. The molecule has 1 rings (SSSR count). The van der Waals surface area contributed by atoms with Crippen molar-refractivity contribution < 1.29 is 14.3 Å². The van der Waals surface area contributed by atoms with E-state index in [1.165, 1.54) is 25.7 Å². The molecule has 1 aliphatic carbocycles. The van der Waals surface area contributed by atoms with Crippen LogP contribution >= 0.6 is 0 Å². The molecule has 0 heterocycles. The van der Waals surface area contributed by atoms with E-state index in [1.807, 2.05) is 5.32 Å². The number of imide groups is 1. The van der Waals surface area contributed by atoms with Gasteiger partial charge in [-0.3, -0.25) is 10.1 Å². The van der Waals surface area contributed by atoms with E-state index in [0.717, 1.165) is 0 Å². The van der Waals surface area contributed by atoms with E-state index in [-0.39, 0.29) is 6.41 Å². The number of rotatable bonds is 1. The molecule has 0 aromatic heterocycles. The third-order valence-electron chi connectivity index (χ3n) is 1.73. The minimum atomic E-state index is -0.720. The maximum atomic E-state index is 10.5. The van der Waals surface area contributed by atoms with Gasteiger partial charge in [-0.25, -0.2) is 4.79 Å². The molecule has 0 unspecified atom stereocenters.